The summed E-state index contributed by atoms with van der Waals surface area (Å²) in [4.78, 5) is 12.3. The zero-order chi connectivity index (χ0) is 12.5. The van der Waals surface area contributed by atoms with Crippen LogP contribution < -0.4 is 5.73 Å². The minimum Gasteiger partial charge on any atom is -0.381 e. The molecule has 1 aromatic rings. The van der Waals surface area contributed by atoms with Gasteiger partial charge in [0.15, 0.2) is 5.78 Å². The average molecular weight is 258 g/mol. The molecule has 1 aliphatic rings. The Morgan fingerprint density at radius 3 is 2.71 bits per heavy atom. The lowest BCUT2D eigenvalue weighted by atomic mass is 9.83. The molecule has 3 nitrogen and oxygen atoms in total. The Kier molecular flexibility index (Phi) is 3.47. The summed E-state index contributed by atoms with van der Waals surface area (Å²) in [5.74, 6) is -0.807. The Bertz CT molecular complexity index is 444. The van der Waals surface area contributed by atoms with Gasteiger partial charge in [-0.3, -0.25) is 4.79 Å². The van der Waals surface area contributed by atoms with Crippen LogP contribution in [0.5, 0.6) is 0 Å². The van der Waals surface area contributed by atoms with Crippen molar-refractivity contribution in [1.82, 2.24) is 0 Å². The summed E-state index contributed by atoms with van der Waals surface area (Å²) < 4.78 is 18.3. The van der Waals surface area contributed by atoms with E-state index in [0.717, 1.165) is 6.07 Å². The fourth-order valence-corrected chi connectivity index (χ4v) is 2.11. The third-order valence-electron chi connectivity index (χ3n) is 3.01. The number of hydrogen-bond acceptors (Lipinski definition) is 3. The number of halogens is 2. The van der Waals surface area contributed by atoms with Crippen molar-refractivity contribution in [2.45, 2.75) is 18.4 Å². The van der Waals surface area contributed by atoms with Crippen molar-refractivity contribution in [3.8, 4) is 0 Å². The molecule has 0 aromatic heterocycles. The number of hydrogen-bond donors (Lipinski definition) is 1. The zero-order valence-corrected chi connectivity index (χ0v) is 9.97. The normalized spacial score (nSPS) is 19.0. The van der Waals surface area contributed by atoms with Gasteiger partial charge in [0.1, 0.15) is 5.82 Å². The molecule has 17 heavy (non-hydrogen) atoms. The number of carbonyl (C=O) groups is 1. The van der Waals surface area contributed by atoms with E-state index in [1.807, 2.05) is 0 Å². The molecule has 0 unspecified atom stereocenters. The molecule has 0 radical (unpaired) electrons. The highest BCUT2D eigenvalue weighted by atomic mass is 35.5. The highest BCUT2D eigenvalue weighted by Crippen LogP contribution is 2.27. The van der Waals surface area contributed by atoms with Crippen LogP contribution in [-0.4, -0.2) is 24.5 Å². The van der Waals surface area contributed by atoms with Crippen LogP contribution in [-0.2, 0) is 4.74 Å². The molecule has 0 amide bonds. The summed E-state index contributed by atoms with van der Waals surface area (Å²) in [5, 5.41) is 0.229. The summed E-state index contributed by atoms with van der Waals surface area (Å²) in [5.41, 5.74) is 5.20. The summed E-state index contributed by atoms with van der Waals surface area (Å²) in [6.07, 6.45) is 0.858. The Balaban J connectivity index is 2.32. The maximum absolute atomic E-state index is 13.1. The van der Waals surface area contributed by atoms with Gasteiger partial charge in [-0.15, -0.1) is 0 Å². The molecule has 1 aromatic carbocycles. The molecule has 2 rings (SSSR count). The van der Waals surface area contributed by atoms with Crippen molar-refractivity contribution in [3.63, 3.8) is 0 Å². The summed E-state index contributed by atoms with van der Waals surface area (Å²) in [7, 11) is 0. The van der Waals surface area contributed by atoms with Gasteiger partial charge in [-0.1, -0.05) is 11.6 Å². The van der Waals surface area contributed by atoms with E-state index in [9.17, 15) is 9.18 Å². The molecule has 0 saturated carbocycles. The van der Waals surface area contributed by atoms with Crippen LogP contribution in [0.15, 0.2) is 18.2 Å². The molecular formula is C12H13ClFNO2. The Morgan fingerprint density at radius 2 is 2.06 bits per heavy atom. The predicted molar refractivity (Wildman–Crippen MR) is 62.7 cm³/mol. The summed E-state index contributed by atoms with van der Waals surface area (Å²) in [6.45, 7) is 0.879. The van der Waals surface area contributed by atoms with Gasteiger partial charge >= 0.3 is 0 Å². The number of ether oxygens (including phenoxy) is 1. The van der Waals surface area contributed by atoms with E-state index in [0.29, 0.717) is 26.1 Å². The van der Waals surface area contributed by atoms with E-state index in [1.54, 1.807) is 0 Å². The number of ketones is 1. The first-order chi connectivity index (χ1) is 8.03. The molecule has 1 saturated heterocycles. The van der Waals surface area contributed by atoms with E-state index >= 15 is 0 Å². The maximum Gasteiger partial charge on any atom is 0.184 e. The quantitative estimate of drug-likeness (QED) is 0.826. The lowest BCUT2D eigenvalue weighted by Crippen LogP contribution is -2.52. The van der Waals surface area contributed by atoms with Gasteiger partial charge in [-0.05, 0) is 31.0 Å². The molecule has 1 heterocycles. The first-order valence-corrected chi connectivity index (χ1v) is 5.77. The number of carbonyl (C=O) groups excluding carboxylic acids is 1. The molecule has 1 aliphatic heterocycles. The SMILES string of the molecule is NC1(C(=O)c2cc(F)ccc2Cl)CCOCC1. The molecule has 0 aliphatic carbocycles. The first kappa shape index (κ1) is 12.5. The Hall–Kier alpha value is -0.970. The van der Waals surface area contributed by atoms with Gasteiger partial charge in [-0.2, -0.15) is 0 Å². The van der Waals surface area contributed by atoms with Crippen LogP contribution in [0.4, 0.5) is 4.39 Å². The maximum atomic E-state index is 13.1. The van der Waals surface area contributed by atoms with Gasteiger partial charge in [0.25, 0.3) is 0 Å². The molecule has 92 valence electrons. The van der Waals surface area contributed by atoms with Gasteiger partial charge in [-0.25, -0.2) is 4.39 Å². The lowest BCUT2D eigenvalue weighted by Gasteiger charge is -2.32. The zero-order valence-electron chi connectivity index (χ0n) is 9.21. The van der Waals surface area contributed by atoms with Crippen LogP contribution >= 0.6 is 11.6 Å². The molecule has 0 atom stereocenters. The smallest absolute Gasteiger partial charge is 0.184 e. The summed E-state index contributed by atoms with van der Waals surface area (Å²) in [6, 6.07) is 3.72. The number of benzene rings is 1. The average Bonchev–Trinajstić information content (AvgIpc) is 2.32. The van der Waals surface area contributed by atoms with Crippen LogP contribution in [0.3, 0.4) is 0 Å². The number of nitrogens with two attached hydrogens (primary N) is 1. The first-order valence-electron chi connectivity index (χ1n) is 5.39. The number of Topliss-reactive ketones (excluding diaryl/α,β-unsaturated/α-hetero) is 1. The van der Waals surface area contributed by atoms with E-state index in [4.69, 9.17) is 22.1 Å². The predicted octanol–water partition coefficient (Wildman–Crippen LogP) is 2.17. The van der Waals surface area contributed by atoms with Gasteiger partial charge in [0.05, 0.1) is 10.6 Å². The van der Waals surface area contributed by atoms with E-state index in [-0.39, 0.29) is 16.4 Å². The standard InChI is InChI=1S/C12H13ClFNO2/c13-10-2-1-8(14)7-9(10)11(16)12(15)3-5-17-6-4-12/h1-2,7H,3-6,15H2. The Morgan fingerprint density at radius 1 is 1.41 bits per heavy atom. The third-order valence-corrected chi connectivity index (χ3v) is 3.34. The molecule has 5 heteroatoms. The molecule has 0 spiro atoms. The van der Waals surface area contributed by atoms with Crippen molar-refractivity contribution in [2.24, 2.45) is 5.73 Å². The minimum absolute atomic E-state index is 0.149. The second kappa shape index (κ2) is 4.72. The van der Waals surface area contributed by atoms with Crippen LogP contribution in [0.25, 0.3) is 0 Å². The molecular weight excluding hydrogens is 245 g/mol. The fourth-order valence-electron chi connectivity index (χ4n) is 1.90. The second-order valence-electron chi connectivity index (χ2n) is 4.22. The topological polar surface area (TPSA) is 52.3 Å². The highest BCUT2D eigenvalue weighted by Gasteiger charge is 2.37. The third kappa shape index (κ3) is 2.49. The summed E-state index contributed by atoms with van der Waals surface area (Å²) >= 11 is 5.90. The second-order valence-corrected chi connectivity index (χ2v) is 4.63. The van der Waals surface area contributed by atoms with Crippen LogP contribution in [0.2, 0.25) is 5.02 Å². The highest BCUT2D eigenvalue weighted by molar-refractivity contribution is 6.34. The number of rotatable bonds is 2. The van der Waals surface area contributed by atoms with Crippen LogP contribution in [0.1, 0.15) is 23.2 Å². The monoisotopic (exact) mass is 257 g/mol. The largest absolute Gasteiger partial charge is 0.381 e. The minimum atomic E-state index is -0.990. The lowest BCUT2D eigenvalue weighted by molar-refractivity contribution is 0.0447. The van der Waals surface area contributed by atoms with Crippen molar-refractivity contribution in [3.05, 3.63) is 34.6 Å². The van der Waals surface area contributed by atoms with Crippen LogP contribution in [0, 0.1) is 5.82 Å². The van der Waals surface area contributed by atoms with E-state index in [2.05, 4.69) is 0 Å². The Labute approximate surface area is 104 Å². The van der Waals surface area contributed by atoms with Crippen molar-refractivity contribution >= 4 is 17.4 Å². The van der Waals surface area contributed by atoms with Gasteiger partial charge in [0.2, 0.25) is 0 Å². The van der Waals surface area contributed by atoms with Gasteiger partial charge < -0.3 is 10.5 Å². The van der Waals surface area contributed by atoms with Crippen molar-refractivity contribution in [2.75, 3.05) is 13.2 Å². The molecule has 0 bridgehead atoms. The van der Waals surface area contributed by atoms with Crippen molar-refractivity contribution in [1.29, 1.82) is 0 Å². The van der Waals surface area contributed by atoms with Gasteiger partial charge in [0, 0.05) is 18.8 Å². The fraction of sp³-hybridized carbons (Fsp3) is 0.417. The van der Waals surface area contributed by atoms with E-state index < -0.39 is 11.4 Å². The van der Waals surface area contributed by atoms with E-state index in [1.165, 1.54) is 12.1 Å². The molecule has 1 fully saturated rings. The molecule has 2 N–H and O–H groups in total. The van der Waals surface area contributed by atoms with Crippen molar-refractivity contribution < 1.29 is 13.9 Å².